The first-order valence-corrected chi connectivity index (χ1v) is 12.8. The van der Waals surface area contributed by atoms with E-state index in [0.717, 1.165) is 22.8 Å². The molecule has 0 spiro atoms. The van der Waals surface area contributed by atoms with Crippen molar-refractivity contribution in [2.45, 2.75) is 33.1 Å². The van der Waals surface area contributed by atoms with Gasteiger partial charge < -0.3 is 21.7 Å². The molecule has 8 bridgehead atoms. The Balaban J connectivity index is 1.57. The van der Waals surface area contributed by atoms with Gasteiger partial charge in [0.25, 0.3) is 5.91 Å². The quantitative estimate of drug-likeness (QED) is 0.297. The molecule has 1 aliphatic rings. The molecule has 0 saturated carbocycles. The van der Waals surface area contributed by atoms with Gasteiger partial charge in [0, 0.05) is 50.4 Å². The van der Waals surface area contributed by atoms with E-state index >= 15 is 0 Å². The minimum Gasteiger partial charge on any atom is -0.351 e. The van der Waals surface area contributed by atoms with Gasteiger partial charge in [-0.15, -0.1) is 0 Å². The molecule has 0 fully saturated rings. The molecule has 4 aromatic rings. The van der Waals surface area contributed by atoms with E-state index in [1.807, 2.05) is 36.4 Å². The van der Waals surface area contributed by atoms with Crippen LogP contribution in [0, 0.1) is 0 Å². The van der Waals surface area contributed by atoms with Crippen LogP contribution in [0.25, 0.3) is 22.8 Å². The van der Waals surface area contributed by atoms with Crippen molar-refractivity contribution in [2.24, 2.45) is 5.73 Å². The van der Waals surface area contributed by atoms with Crippen molar-refractivity contribution in [3.63, 3.8) is 0 Å². The number of ketones is 1. The number of carbonyl (C=O) groups excluding carboxylic acids is 2. The molecule has 5 N–H and O–H groups in total. The van der Waals surface area contributed by atoms with E-state index in [1.165, 1.54) is 6.92 Å². The summed E-state index contributed by atoms with van der Waals surface area (Å²) in [5.74, 6) is -0.330. The Bertz CT molecular complexity index is 1520. The lowest BCUT2D eigenvalue weighted by Crippen LogP contribution is -2.29. The third-order valence-corrected chi connectivity index (χ3v) is 6.22. The Morgan fingerprint density at radius 2 is 1.21 bits per heavy atom. The number of fused-ring (bicyclic) bond motifs is 10. The van der Waals surface area contributed by atoms with Crippen molar-refractivity contribution < 1.29 is 9.59 Å². The predicted molar refractivity (Wildman–Crippen MR) is 147 cm³/mol. The van der Waals surface area contributed by atoms with Gasteiger partial charge in [0.05, 0.1) is 45.6 Å². The maximum Gasteiger partial charge on any atom is 0.251 e. The third-order valence-electron chi connectivity index (χ3n) is 6.22. The zero-order chi connectivity index (χ0) is 27.2. The molecule has 10 heteroatoms. The standard InChI is InChI=1S/C29H30N8O2/c1-18(38)19-10-23-16-31-14-21-4-2-6-25(34-21)26-7-3-5-22(35-26)15-32-17-24-11-20(29(39)33-9-8-30)13-28(37-24)27(12-19)36-23/h2-7,10-13,31-32H,8-9,14-17,30H2,1H3,(H,33,39). The van der Waals surface area contributed by atoms with E-state index in [9.17, 15) is 9.59 Å². The highest BCUT2D eigenvalue weighted by Gasteiger charge is 2.15. The van der Waals surface area contributed by atoms with Crippen molar-refractivity contribution in [1.29, 1.82) is 0 Å². The summed E-state index contributed by atoms with van der Waals surface area (Å²) in [6.45, 7) is 4.03. The maximum atomic E-state index is 12.9. The molecule has 198 valence electrons. The summed E-state index contributed by atoms with van der Waals surface area (Å²) in [7, 11) is 0. The number of nitrogens with two attached hydrogens (primary N) is 1. The molecule has 5 heterocycles. The minimum absolute atomic E-state index is 0.0798. The molecule has 0 saturated heterocycles. The lowest BCUT2D eigenvalue weighted by atomic mass is 10.1. The number of carbonyl (C=O) groups is 2. The summed E-state index contributed by atoms with van der Waals surface area (Å²) in [5, 5.41) is 9.57. The van der Waals surface area contributed by atoms with E-state index < -0.39 is 0 Å². The molecular weight excluding hydrogens is 492 g/mol. The number of amides is 1. The molecule has 5 rings (SSSR count). The van der Waals surface area contributed by atoms with Crippen LogP contribution in [-0.4, -0.2) is 44.7 Å². The number of hydrogen-bond acceptors (Lipinski definition) is 9. The first-order chi connectivity index (χ1) is 19.0. The molecule has 0 unspecified atom stereocenters. The molecule has 0 radical (unpaired) electrons. The molecule has 39 heavy (non-hydrogen) atoms. The number of pyridine rings is 4. The summed E-state index contributed by atoms with van der Waals surface area (Å²) in [6.07, 6.45) is 0. The summed E-state index contributed by atoms with van der Waals surface area (Å²) >= 11 is 0. The van der Waals surface area contributed by atoms with Crippen LogP contribution in [0.5, 0.6) is 0 Å². The Morgan fingerprint density at radius 3 is 1.74 bits per heavy atom. The number of Topliss-reactive ketones (excluding diaryl/α,β-unsaturated/α-hetero) is 1. The van der Waals surface area contributed by atoms with E-state index in [4.69, 9.17) is 25.7 Å². The average Bonchev–Trinajstić information content (AvgIpc) is 2.95. The van der Waals surface area contributed by atoms with Crippen LogP contribution in [0.1, 0.15) is 50.4 Å². The van der Waals surface area contributed by atoms with Gasteiger partial charge in [0.2, 0.25) is 0 Å². The number of nitrogens with one attached hydrogen (secondary N) is 3. The van der Waals surface area contributed by atoms with Crippen molar-refractivity contribution in [3.8, 4) is 22.8 Å². The number of nitrogens with zero attached hydrogens (tertiary/aromatic N) is 4. The Hall–Kier alpha value is -4.38. The predicted octanol–water partition coefficient (Wildman–Crippen LogP) is 2.38. The molecule has 0 aliphatic carbocycles. The van der Waals surface area contributed by atoms with Gasteiger partial charge in [-0.3, -0.25) is 9.59 Å². The summed E-state index contributed by atoms with van der Waals surface area (Å²) in [5.41, 5.74) is 12.2. The molecule has 1 amide bonds. The second-order valence-corrected chi connectivity index (χ2v) is 9.30. The highest BCUT2D eigenvalue weighted by Crippen LogP contribution is 2.21. The van der Waals surface area contributed by atoms with Crippen molar-refractivity contribution in [2.75, 3.05) is 13.1 Å². The van der Waals surface area contributed by atoms with E-state index in [0.29, 0.717) is 73.2 Å². The van der Waals surface area contributed by atoms with Gasteiger partial charge in [0.1, 0.15) is 0 Å². The number of hydrogen-bond donors (Lipinski definition) is 4. The minimum atomic E-state index is -0.250. The average molecular weight is 523 g/mol. The zero-order valence-corrected chi connectivity index (χ0v) is 21.7. The van der Waals surface area contributed by atoms with Gasteiger partial charge in [-0.25, -0.2) is 19.9 Å². The summed E-state index contributed by atoms with van der Waals surface area (Å²) in [6, 6.07) is 18.7. The lowest BCUT2D eigenvalue weighted by molar-refractivity contribution is 0.0953. The van der Waals surface area contributed by atoms with Gasteiger partial charge in [-0.2, -0.15) is 0 Å². The lowest BCUT2D eigenvalue weighted by Gasteiger charge is -2.13. The van der Waals surface area contributed by atoms with Crippen molar-refractivity contribution in [1.82, 2.24) is 35.9 Å². The van der Waals surface area contributed by atoms with Crippen LogP contribution in [0.15, 0.2) is 60.7 Å². The first-order valence-electron chi connectivity index (χ1n) is 12.8. The molecular formula is C29H30N8O2. The summed E-state index contributed by atoms with van der Waals surface area (Å²) in [4.78, 5) is 44.4. The topological polar surface area (TPSA) is 148 Å². The Labute approximate surface area is 226 Å². The van der Waals surface area contributed by atoms with Crippen LogP contribution in [-0.2, 0) is 26.2 Å². The van der Waals surface area contributed by atoms with Gasteiger partial charge in [-0.05, 0) is 55.5 Å². The van der Waals surface area contributed by atoms with E-state index in [2.05, 4.69) is 16.0 Å². The monoisotopic (exact) mass is 522 g/mol. The van der Waals surface area contributed by atoms with Crippen LogP contribution in [0.2, 0.25) is 0 Å². The fourth-order valence-electron chi connectivity index (χ4n) is 4.32. The summed E-state index contributed by atoms with van der Waals surface area (Å²) < 4.78 is 0. The Morgan fingerprint density at radius 1 is 0.718 bits per heavy atom. The van der Waals surface area contributed by atoms with Crippen LogP contribution < -0.4 is 21.7 Å². The van der Waals surface area contributed by atoms with Gasteiger partial charge in [-0.1, -0.05) is 12.1 Å². The zero-order valence-electron chi connectivity index (χ0n) is 21.7. The molecule has 0 aromatic carbocycles. The fourth-order valence-corrected chi connectivity index (χ4v) is 4.32. The second-order valence-electron chi connectivity index (χ2n) is 9.30. The van der Waals surface area contributed by atoms with E-state index in [-0.39, 0.29) is 11.7 Å². The first kappa shape index (κ1) is 26.2. The Kier molecular flexibility index (Phi) is 8.07. The SMILES string of the molecule is CC(=O)c1cc2nc(c1)-c1cc(C(=O)NCCN)cc(n1)CNCc1cccc(n1)-c1cccc(n1)CNC2. The van der Waals surface area contributed by atoms with Crippen molar-refractivity contribution in [3.05, 3.63) is 94.6 Å². The molecule has 0 atom stereocenters. The van der Waals surface area contributed by atoms with Gasteiger partial charge in [0.15, 0.2) is 5.78 Å². The molecule has 10 nitrogen and oxygen atoms in total. The molecule has 1 aliphatic heterocycles. The van der Waals surface area contributed by atoms with Crippen LogP contribution >= 0.6 is 0 Å². The second kappa shape index (κ2) is 12.0. The maximum absolute atomic E-state index is 12.9. The normalized spacial score (nSPS) is 13.2. The largest absolute Gasteiger partial charge is 0.351 e. The number of rotatable bonds is 4. The van der Waals surface area contributed by atoms with Crippen molar-refractivity contribution >= 4 is 11.7 Å². The fraction of sp³-hybridized carbons (Fsp3) is 0.241. The van der Waals surface area contributed by atoms with E-state index in [1.54, 1.807) is 24.3 Å². The smallest absolute Gasteiger partial charge is 0.251 e. The van der Waals surface area contributed by atoms with Crippen LogP contribution in [0.4, 0.5) is 0 Å². The highest BCUT2D eigenvalue weighted by molar-refractivity contribution is 5.96. The van der Waals surface area contributed by atoms with Crippen LogP contribution in [0.3, 0.4) is 0 Å². The number of aromatic nitrogens is 4. The molecule has 4 aromatic heterocycles. The van der Waals surface area contributed by atoms with Gasteiger partial charge >= 0.3 is 0 Å². The third kappa shape index (κ3) is 6.55. The highest BCUT2D eigenvalue weighted by atomic mass is 16.1.